The summed E-state index contributed by atoms with van der Waals surface area (Å²) >= 11 is 0. The highest BCUT2D eigenvalue weighted by Gasteiger charge is 2.18. The molecular weight excluding hydrogens is 223 g/mol. The van der Waals surface area contributed by atoms with E-state index in [-0.39, 0.29) is 11.5 Å². The lowest BCUT2D eigenvalue weighted by Crippen LogP contribution is -2.04. The van der Waals surface area contributed by atoms with E-state index < -0.39 is 23.2 Å². The van der Waals surface area contributed by atoms with Gasteiger partial charge in [0.2, 0.25) is 5.78 Å². The van der Waals surface area contributed by atoms with Gasteiger partial charge < -0.3 is 4.42 Å². The summed E-state index contributed by atoms with van der Waals surface area (Å²) in [4.78, 5) is 15.0. The van der Waals surface area contributed by atoms with Crippen LogP contribution in [0, 0.1) is 17.5 Å². The Morgan fingerprint density at radius 3 is 2.31 bits per heavy atom. The van der Waals surface area contributed by atoms with Crippen LogP contribution in [-0.2, 0) is 0 Å². The number of carbonyl (C=O) groups is 1. The second-order valence-corrected chi connectivity index (χ2v) is 2.92. The number of benzene rings is 1. The van der Waals surface area contributed by atoms with Gasteiger partial charge in [0.05, 0.1) is 6.20 Å². The van der Waals surface area contributed by atoms with Crippen LogP contribution in [0.25, 0.3) is 0 Å². The van der Waals surface area contributed by atoms with Gasteiger partial charge in [-0.1, -0.05) is 0 Å². The van der Waals surface area contributed by atoms with Gasteiger partial charge in [0.15, 0.2) is 17.5 Å². The fraction of sp³-hybridized carbons (Fsp3) is 0. The molecule has 2 aromatic rings. The number of aromatic nitrogens is 1. The average molecular weight is 227 g/mol. The number of hydrogen-bond donors (Lipinski definition) is 0. The molecule has 0 bridgehead atoms. The molecule has 16 heavy (non-hydrogen) atoms. The van der Waals surface area contributed by atoms with E-state index in [1.807, 2.05) is 0 Å². The maximum absolute atomic E-state index is 12.8. The second kappa shape index (κ2) is 3.80. The third kappa shape index (κ3) is 1.69. The zero-order chi connectivity index (χ0) is 11.7. The molecule has 6 heteroatoms. The Hall–Kier alpha value is -2.11. The third-order valence-corrected chi connectivity index (χ3v) is 1.87. The minimum Gasteiger partial charge on any atom is -0.442 e. The number of carbonyl (C=O) groups excluding carboxylic acids is 1. The molecule has 0 aliphatic carbocycles. The molecule has 82 valence electrons. The summed E-state index contributed by atoms with van der Waals surface area (Å²) in [5.41, 5.74) is -0.362. The molecule has 2 rings (SSSR count). The van der Waals surface area contributed by atoms with Crippen LogP contribution in [0.2, 0.25) is 0 Å². The van der Waals surface area contributed by atoms with Crippen LogP contribution in [0.3, 0.4) is 0 Å². The van der Waals surface area contributed by atoms with Crippen molar-refractivity contribution in [3.8, 4) is 0 Å². The lowest BCUT2D eigenvalue weighted by Gasteiger charge is -1.99. The van der Waals surface area contributed by atoms with Gasteiger partial charge in [-0.2, -0.15) is 0 Å². The number of ketones is 1. The Bertz CT molecular complexity index is 514. The predicted molar refractivity (Wildman–Crippen MR) is 46.3 cm³/mol. The van der Waals surface area contributed by atoms with Gasteiger partial charge in [0.25, 0.3) is 5.89 Å². The number of hydrogen-bond acceptors (Lipinski definition) is 3. The molecular formula is C10H4F3NO2. The minimum atomic E-state index is -1.62. The standard InChI is InChI=1S/C10H4F3NO2/c11-6-3-5(4-7(12)8(6)13)9(15)10-14-1-2-16-10/h1-4H. The first-order valence-corrected chi connectivity index (χ1v) is 4.18. The van der Waals surface area contributed by atoms with Crippen molar-refractivity contribution >= 4 is 5.78 Å². The zero-order valence-corrected chi connectivity index (χ0v) is 7.71. The van der Waals surface area contributed by atoms with Gasteiger partial charge in [0, 0.05) is 5.56 Å². The maximum atomic E-state index is 12.8. The van der Waals surface area contributed by atoms with Crippen molar-refractivity contribution in [3.05, 3.63) is 53.5 Å². The molecule has 0 aliphatic rings. The van der Waals surface area contributed by atoms with Crippen LogP contribution in [0.1, 0.15) is 16.2 Å². The Morgan fingerprint density at radius 2 is 1.81 bits per heavy atom. The van der Waals surface area contributed by atoms with Crippen molar-refractivity contribution < 1.29 is 22.4 Å². The zero-order valence-electron chi connectivity index (χ0n) is 7.71. The quantitative estimate of drug-likeness (QED) is 0.584. The number of rotatable bonds is 2. The molecule has 0 unspecified atom stereocenters. The highest BCUT2D eigenvalue weighted by Crippen LogP contribution is 2.16. The van der Waals surface area contributed by atoms with Crippen LogP contribution in [0.5, 0.6) is 0 Å². The first-order valence-electron chi connectivity index (χ1n) is 4.18. The molecule has 0 amide bonds. The summed E-state index contributed by atoms with van der Waals surface area (Å²) in [6, 6.07) is 1.18. The lowest BCUT2D eigenvalue weighted by molar-refractivity contribution is 0.100. The van der Waals surface area contributed by atoms with E-state index in [0.717, 1.165) is 6.26 Å². The smallest absolute Gasteiger partial charge is 0.268 e. The average Bonchev–Trinajstić information content (AvgIpc) is 2.77. The van der Waals surface area contributed by atoms with E-state index in [1.54, 1.807) is 0 Å². The Kier molecular flexibility index (Phi) is 2.47. The number of nitrogens with zero attached hydrogens (tertiary/aromatic N) is 1. The summed E-state index contributed by atoms with van der Waals surface area (Å²) < 4.78 is 42.9. The molecule has 1 heterocycles. The molecule has 0 aliphatic heterocycles. The van der Waals surface area contributed by atoms with Crippen molar-refractivity contribution in [2.24, 2.45) is 0 Å². The van der Waals surface area contributed by atoms with Crippen molar-refractivity contribution in [1.29, 1.82) is 0 Å². The van der Waals surface area contributed by atoms with Crippen LogP contribution in [-0.4, -0.2) is 10.8 Å². The summed E-state index contributed by atoms with van der Waals surface area (Å²) in [7, 11) is 0. The molecule has 0 fully saturated rings. The summed E-state index contributed by atoms with van der Waals surface area (Å²) in [5.74, 6) is -5.62. The molecule has 1 aromatic carbocycles. The highest BCUT2D eigenvalue weighted by molar-refractivity contribution is 6.05. The molecule has 0 saturated heterocycles. The molecule has 0 N–H and O–H groups in total. The maximum Gasteiger partial charge on any atom is 0.268 e. The minimum absolute atomic E-state index is 0.314. The number of halogens is 3. The fourth-order valence-electron chi connectivity index (χ4n) is 1.15. The van der Waals surface area contributed by atoms with Crippen molar-refractivity contribution in [3.63, 3.8) is 0 Å². The first kappa shape index (κ1) is 10.4. The van der Waals surface area contributed by atoms with Gasteiger partial charge >= 0.3 is 0 Å². The predicted octanol–water partition coefficient (Wildman–Crippen LogP) is 2.32. The van der Waals surface area contributed by atoms with Crippen molar-refractivity contribution in [2.45, 2.75) is 0 Å². The van der Waals surface area contributed by atoms with E-state index in [2.05, 4.69) is 9.40 Å². The molecule has 0 atom stereocenters. The number of oxazole rings is 1. The SMILES string of the molecule is O=C(c1cc(F)c(F)c(F)c1)c1ncco1. The topological polar surface area (TPSA) is 43.1 Å². The summed E-state index contributed by atoms with van der Waals surface area (Å²) in [5, 5.41) is 0. The van der Waals surface area contributed by atoms with Gasteiger partial charge in [-0.05, 0) is 12.1 Å². The van der Waals surface area contributed by atoms with Crippen molar-refractivity contribution in [2.75, 3.05) is 0 Å². The van der Waals surface area contributed by atoms with E-state index in [1.165, 1.54) is 6.20 Å². The third-order valence-electron chi connectivity index (χ3n) is 1.87. The molecule has 3 nitrogen and oxygen atoms in total. The van der Waals surface area contributed by atoms with Gasteiger partial charge in [-0.25, -0.2) is 18.2 Å². The molecule has 1 aromatic heterocycles. The lowest BCUT2D eigenvalue weighted by atomic mass is 10.1. The second-order valence-electron chi connectivity index (χ2n) is 2.92. The molecule has 0 saturated carbocycles. The Balaban J connectivity index is 2.46. The fourth-order valence-corrected chi connectivity index (χ4v) is 1.15. The summed E-state index contributed by atoms with van der Waals surface area (Å²) in [6.45, 7) is 0. The van der Waals surface area contributed by atoms with Gasteiger partial charge in [-0.15, -0.1) is 0 Å². The molecule has 0 radical (unpaired) electrons. The monoisotopic (exact) mass is 227 g/mol. The van der Waals surface area contributed by atoms with Crippen LogP contribution < -0.4 is 0 Å². The first-order chi connectivity index (χ1) is 7.59. The van der Waals surface area contributed by atoms with Gasteiger partial charge in [-0.3, -0.25) is 4.79 Å². The van der Waals surface area contributed by atoms with Crippen LogP contribution in [0.15, 0.2) is 29.0 Å². The molecule has 0 spiro atoms. The summed E-state index contributed by atoms with van der Waals surface area (Å²) in [6.07, 6.45) is 2.35. The van der Waals surface area contributed by atoms with Gasteiger partial charge in [0.1, 0.15) is 6.26 Å². The van der Waals surface area contributed by atoms with Crippen LogP contribution >= 0.6 is 0 Å². The Morgan fingerprint density at radius 1 is 1.19 bits per heavy atom. The normalized spacial score (nSPS) is 10.4. The van der Waals surface area contributed by atoms with E-state index in [9.17, 15) is 18.0 Å². The largest absolute Gasteiger partial charge is 0.442 e. The Labute approximate surface area is 87.5 Å². The van der Waals surface area contributed by atoms with E-state index in [4.69, 9.17) is 0 Å². The van der Waals surface area contributed by atoms with Crippen molar-refractivity contribution in [1.82, 2.24) is 4.98 Å². The van der Waals surface area contributed by atoms with E-state index >= 15 is 0 Å². The van der Waals surface area contributed by atoms with Crippen LogP contribution in [0.4, 0.5) is 13.2 Å². The van der Waals surface area contributed by atoms with E-state index in [0.29, 0.717) is 12.1 Å². The highest BCUT2D eigenvalue weighted by atomic mass is 19.2.